The van der Waals surface area contributed by atoms with Crippen molar-refractivity contribution >= 4 is 23.4 Å². The van der Waals surface area contributed by atoms with E-state index >= 15 is 0 Å². The highest BCUT2D eigenvalue weighted by atomic mass is 16.6. The van der Waals surface area contributed by atoms with Crippen LogP contribution in [-0.4, -0.2) is 39.9 Å². The van der Waals surface area contributed by atoms with Gasteiger partial charge in [-0.25, -0.2) is 4.98 Å². The summed E-state index contributed by atoms with van der Waals surface area (Å²) in [6, 6.07) is -0.0107. The van der Waals surface area contributed by atoms with E-state index < -0.39 is 4.92 Å². The number of rotatable bonds is 6. The van der Waals surface area contributed by atoms with Gasteiger partial charge in [-0.15, -0.1) is 0 Å². The first-order valence-corrected chi connectivity index (χ1v) is 6.59. The topological polar surface area (TPSA) is 127 Å². The minimum atomic E-state index is -0.562. The van der Waals surface area contributed by atoms with Crippen molar-refractivity contribution in [3.63, 3.8) is 0 Å². The zero-order chi connectivity index (χ0) is 16.2. The van der Waals surface area contributed by atoms with Gasteiger partial charge in [0, 0.05) is 12.6 Å². The van der Waals surface area contributed by atoms with Crippen molar-refractivity contribution in [2.24, 2.45) is 0 Å². The third kappa shape index (κ3) is 4.26. The molecule has 3 N–H and O–H groups in total. The lowest BCUT2D eigenvalue weighted by atomic mass is 10.3. The summed E-state index contributed by atoms with van der Waals surface area (Å²) in [5.74, 6) is -0.238. The van der Waals surface area contributed by atoms with E-state index in [1.165, 1.54) is 11.8 Å². The first-order chi connectivity index (χ1) is 9.76. The molecule has 0 unspecified atom stereocenters. The van der Waals surface area contributed by atoms with Gasteiger partial charge < -0.3 is 16.0 Å². The standard InChI is InChI=1S/C12H20N6O3/c1-5-17(6-9(19)14-7(2)3)11-10(18(20)21)8(4)15-12(13)16-11/h7H,5-6H2,1-4H3,(H,14,19)(H2,13,15,16). The second-order valence-electron chi connectivity index (χ2n) is 4.83. The van der Waals surface area contributed by atoms with E-state index in [-0.39, 0.29) is 41.6 Å². The Balaban J connectivity index is 3.16. The predicted molar refractivity (Wildman–Crippen MR) is 79.0 cm³/mol. The van der Waals surface area contributed by atoms with Crippen molar-refractivity contribution in [3.05, 3.63) is 15.8 Å². The molecule has 1 rings (SSSR count). The fourth-order valence-corrected chi connectivity index (χ4v) is 1.88. The van der Waals surface area contributed by atoms with Crippen LogP contribution in [0.3, 0.4) is 0 Å². The van der Waals surface area contributed by atoms with Crippen molar-refractivity contribution in [1.82, 2.24) is 15.3 Å². The average Bonchev–Trinajstić information content (AvgIpc) is 2.33. The van der Waals surface area contributed by atoms with Crippen molar-refractivity contribution in [1.29, 1.82) is 0 Å². The number of hydrogen-bond acceptors (Lipinski definition) is 7. The number of nitrogen functional groups attached to an aromatic ring is 1. The zero-order valence-corrected chi connectivity index (χ0v) is 12.6. The van der Waals surface area contributed by atoms with E-state index in [1.807, 2.05) is 13.8 Å². The Kier molecular flexibility index (Phi) is 5.39. The Bertz CT molecular complexity index is 546. The highest BCUT2D eigenvalue weighted by Gasteiger charge is 2.26. The third-order valence-corrected chi connectivity index (χ3v) is 2.71. The molecule has 21 heavy (non-hydrogen) atoms. The fraction of sp³-hybridized carbons (Fsp3) is 0.583. The van der Waals surface area contributed by atoms with Crippen LogP contribution in [0.2, 0.25) is 0 Å². The molecule has 0 saturated heterocycles. The van der Waals surface area contributed by atoms with E-state index in [1.54, 1.807) is 6.92 Å². The number of aromatic nitrogens is 2. The number of carbonyl (C=O) groups is 1. The summed E-state index contributed by atoms with van der Waals surface area (Å²) < 4.78 is 0. The zero-order valence-electron chi connectivity index (χ0n) is 12.6. The van der Waals surface area contributed by atoms with E-state index in [0.29, 0.717) is 6.54 Å². The summed E-state index contributed by atoms with van der Waals surface area (Å²) in [6.45, 7) is 7.28. The lowest BCUT2D eigenvalue weighted by Crippen LogP contribution is -2.40. The molecule has 0 saturated carbocycles. The van der Waals surface area contributed by atoms with Crippen molar-refractivity contribution in [2.45, 2.75) is 33.7 Å². The summed E-state index contributed by atoms with van der Waals surface area (Å²) in [5, 5.41) is 13.9. The van der Waals surface area contributed by atoms with E-state index in [2.05, 4.69) is 15.3 Å². The van der Waals surface area contributed by atoms with E-state index in [9.17, 15) is 14.9 Å². The fourth-order valence-electron chi connectivity index (χ4n) is 1.88. The molecule has 0 fully saturated rings. The quantitative estimate of drug-likeness (QED) is 0.582. The number of anilines is 2. The number of aryl methyl sites for hydroxylation is 1. The van der Waals surface area contributed by atoms with Gasteiger partial charge in [-0.05, 0) is 27.7 Å². The molecule has 0 aliphatic rings. The van der Waals surface area contributed by atoms with Crippen molar-refractivity contribution < 1.29 is 9.72 Å². The molecule has 116 valence electrons. The number of carbonyl (C=O) groups excluding carboxylic acids is 1. The van der Waals surface area contributed by atoms with Crippen LogP contribution in [0.15, 0.2) is 0 Å². The minimum absolute atomic E-state index is 0.0107. The molecule has 0 spiro atoms. The van der Waals surface area contributed by atoms with Crippen molar-refractivity contribution in [3.8, 4) is 0 Å². The van der Waals surface area contributed by atoms with Gasteiger partial charge in [0.2, 0.25) is 17.7 Å². The van der Waals surface area contributed by atoms with Gasteiger partial charge in [-0.2, -0.15) is 4.98 Å². The molecule has 9 nitrogen and oxygen atoms in total. The van der Waals surface area contributed by atoms with Crippen LogP contribution in [-0.2, 0) is 4.79 Å². The van der Waals surface area contributed by atoms with Gasteiger partial charge in [0.15, 0.2) is 0 Å². The number of nitrogens with zero attached hydrogens (tertiary/aromatic N) is 4. The largest absolute Gasteiger partial charge is 0.368 e. The van der Waals surface area contributed by atoms with Gasteiger partial charge in [0.1, 0.15) is 5.69 Å². The second kappa shape index (κ2) is 6.82. The van der Waals surface area contributed by atoms with Gasteiger partial charge >= 0.3 is 5.69 Å². The van der Waals surface area contributed by atoms with E-state index in [0.717, 1.165) is 0 Å². The highest BCUT2D eigenvalue weighted by Crippen LogP contribution is 2.28. The molecule has 1 heterocycles. The molecule has 0 atom stereocenters. The number of hydrogen-bond donors (Lipinski definition) is 2. The predicted octanol–water partition coefficient (Wildman–Crippen LogP) is 0.626. The molecule has 1 aromatic rings. The Morgan fingerprint density at radius 2 is 2.10 bits per heavy atom. The van der Waals surface area contributed by atoms with Crippen LogP contribution < -0.4 is 16.0 Å². The molecule has 0 aliphatic heterocycles. The summed E-state index contributed by atoms with van der Waals surface area (Å²) >= 11 is 0. The summed E-state index contributed by atoms with van der Waals surface area (Å²) in [4.78, 5) is 31.7. The molecule has 0 radical (unpaired) electrons. The van der Waals surface area contributed by atoms with Gasteiger partial charge in [-0.1, -0.05) is 0 Å². The third-order valence-electron chi connectivity index (χ3n) is 2.71. The molecule has 1 aromatic heterocycles. The van der Waals surface area contributed by atoms with Gasteiger partial charge in [0.05, 0.1) is 11.5 Å². The van der Waals surface area contributed by atoms with Crippen LogP contribution >= 0.6 is 0 Å². The molecule has 0 aromatic carbocycles. The summed E-state index contributed by atoms with van der Waals surface area (Å²) in [7, 11) is 0. The van der Waals surface area contributed by atoms with E-state index in [4.69, 9.17) is 5.73 Å². The maximum atomic E-state index is 11.8. The monoisotopic (exact) mass is 296 g/mol. The van der Waals surface area contributed by atoms with Crippen molar-refractivity contribution in [2.75, 3.05) is 23.7 Å². The summed E-state index contributed by atoms with van der Waals surface area (Å²) in [5.41, 5.74) is 5.50. The number of nitrogens with two attached hydrogens (primary N) is 1. The molecule has 0 bridgehead atoms. The number of nitrogens with one attached hydrogen (secondary N) is 1. The van der Waals surface area contributed by atoms with Crippen LogP contribution in [0, 0.1) is 17.0 Å². The van der Waals surface area contributed by atoms with Crippen LogP contribution in [0.1, 0.15) is 26.5 Å². The molecule has 0 aliphatic carbocycles. The second-order valence-corrected chi connectivity index (χ2v) is 4.83. The highest BCUT2D eigenvalue weighted by molar-refractivity contribution is 5.82. The maximum Gasteiger partial charge on any atom is 0.332 e. The minimum Gasteiger partial charge on any atom is -0.368 e. The Hall–Kier alpha value is -2.45. The number of nitro groups is 1. The maximum absolute atomic E-state index is 11.8. The van der Waals surface area contributed by atoms with Crippen LogP contribution in [0.4, 0.5) is 17.5 Å². The lowest BCUT2D eigenvalue weighted by molar-refractivity contribution is -0.385. The average molecular weight is 296 g/mol. The molecule has 9 heteroatoms. The smallest absolute Gasteiger partial charge is 0.332 e. The van der Waals surface area contributed by atoms with Gasteiger partial charge in [0.25, 0.3) is 0 Å². The molecule has 1 amide bonds. The normalized spacial score (nSPS) is 10.5. The SMILES string of the molecule is CCN(CC(=O)NC(C)C)c1nc(N)nc(C)c1[N+](=O)[O-]. The summed E-state index contributed by atoms with van der Waals surface area (Å²) in [6.07, 6.45) is 0. The van der Waals surface area contributed by atoms with Gasteiger partial charge in [-0.3, -0.25) is 14.9 Å². The Morgan fingerprint density at radius 1 is 1.48 bits per heavy atom. The number of amides is 1. The number of likely N-dealkylation sites (N-methyl/N-ethyl adjacent to an activating group) is 1. The first-order valence-electron chi connectivity index (χ1n) is 6.59. The lowest BCUT2D eigenvalue weighted by Gasteiger charge is -2.22. The first kappa shape index (κ1) is 16.6. The van der Waals surface area contributed by atoms with Crippen LogP contribution in [0.5, 0.6) is 0 Å². The van der Waals surface area contributed by atoms with Crippen LogP contribution in [0.25, 0.3) is 0 Å². The Morgan fingerprint density at radius 3 is 2.57 bits per heavy atom. The molecular weight excluding hydrogens is 276 g/mol. The molecular formula is C12H20N6O3. The Labute approximate surface area is 122 Å².